The first-order valence-corrected chi connectivity index (χ1v) is 16.4. The van der Waals surface area contributed by atoms with Gasteiger partial charge in [-0.15, -0.1) is 0 Å². The van der Waals surface area contributed by atoms with Gasteiger partial charge in [-0.05, 0) is 82.7 Å². The number of methoxy groups -OCH3 is 2. The van der Waals surface area contributed by atoms with Crippen molar-refractivity contribution < 1.29 is 36.8 Å². The lowest BCUT2D eigenvalue weighted by atomic mass is 10.0. The first-order valence-electron chi connectivity index (χ1n) is 14.9. The summed E-state index contributed by atoms with van der Waals surface area (Å²) in [6.45, 7) is 0. The highest BCUT2D eigenvalue weighted by Crippen LogP contribution is 2.42. The molecule has 1 radical (unpaired) electrons. The summed E-state index contributed by atoms with van der Waals surface area (Å²) >= 11 is 15.0. The first-order chi connectivity index (χ1) is 24.2. The Balaban J connectivity index is 0.000000139. The van der Waals surface area contributed by atoms with Crippen molar-refractivity contribution >= 4 is 90.7 Å². The van der Waals surface area contributed by atoms with E-state index >= 15 is 0 Å². The molecule has 0 amide bonds. The van der Waals surface area contributed by atoms with Crippen molar-refractivity contribution in [3.05, 3.63) is 135 Å². The van der Waals surface area contributed by atoms with E-state index in [4.69, 9.17) is 51.2 Å². The molecule has 0 aliphatic carbocycles. The van der Waals surface area contributed by atoms with Crippen LogP contribution < -0.4 is 14.1 Å². The van der Waals surface area contributed by atoms with Crippen molar-refractivity contribution in [2.24, 2.45) is 0 Å². The van der Waals surface area contributed by atoms with Crippen LogP contribution in [0.4, 0.5) is 8.78 Å². The summed E-state index contributed by atoms with van der Waals surface area (Å²) in [5, 5.41) is 13.2. The van der Waals surface area contributed by atoms with E-state index in [-0.39, 0.29) is 11.6 Å². The van der Waals surface area contributed by atoms with Gasteiger partial charge < -0.3 is 28.0 Å². The van der Waals surface area contributed by atoms with Gasteiger partial charge in [0.1, 0.15) is 39.9 Å². The molecule has 50 heavy (non-hydrogen) atoms. The first kappa shape index (κ1) is 35.1. The summed E-state index contributed by atoms with van der Waals surface area (Å²) in [5.74, 6) is 0.761. The minimum Gasteiger partial charge on any atom is -0.535 e. The molecular formula is C38H25BBrCl2F2O6. The molecule has 0 saturated carbocycles. The van der Waals surface area contributed by atoms with Gasteiger partial charge in [-0.1, -0.05) is 59.6 Å². The van der Waals surface area contributed by atoms with Gasteiger partial charge in [0.2, 0.25) is 0 Å². The number of hydrogen-bond donors (Lipinski definition) is 1. The Morgan fingerprint density at radius 2 is 1.16 bits per heavy atom. The molecule has 6 nitrogen and oxygen atoms in total. The third-order valence-corrected chi connectivity index (χ3v) is 8.88. The molecule has 2 aromatic heterocycles. The molecule has 0 aliphatic rings. The summed E-state index contributed by atoms with van der Waals surface area (Å²) in [5.41, 5.74) is 3.48. The lowest BCUT2D eigenvalue weighted by Gasteiger charge is -2.10. The van der Waals surface area contributed by atoms with Crippen molar-refractivity contribution in [3.63, 3.8) is 0 Å². The molecule has 8 rings (SSSR count). The molecular weight excluding hydrogens is 752 g/mol. The van der Waals surface area contributed by atoms with E-state index in [9.17, 15) is 8.78 Å². The van der Waals surface area contributed by atoms with Crippen LogP contribution in [0.2, 0.25) is 10.0 Å². The molecule has 0 atom stereocenters. The largest absolute Gasteiger partial charge is 0.569 e. The van der Waals surface area contributed by atoms with Gasteiger partial charge in [0.25, 0.3) is 0 Å². The Labute approximate surface area is 304 Å². The molecule has 0 unspecified atom stereocenters. The number of furan rings is 2. The van der Waals surface area contributed by atoms with Crippen LogP contribution >= 0.6 is 39.1 Å². The highest BCUT2D eigenvalue weighted by atomic mass is 79.9. The Bertz CT molecular complexity index is 2470. The second-order valence-corrected chi connectivity index (χ2v) is 12.3. The van der Waals surface area contributed by atoms with Crippen LogP contribution in [-0.2, 0) is 0 Å². The van der Waals surface area contributed by atoms with Gasteiger partial charge in [0.05, 0.1) is 24.3 Å². The van der Waals surface area contributed by atoms with Crippen LogP contribution in [0, 0.1) is 11.6 Å². The van der Waals surface area contributed by atoms with Crippen molar-refractivity contribution in [1.29, 1.82) is 0 Å². The van der Waals surface area contributed by atoms with Crippen LogP contribution in [0.3, 0.4) is 0 Å². The summed E-state index contributed by atoms with van der Waals surface area (Å²) in [6, 6.07) is 31.7. The third kappa shape index (κ3) is 7.11. The molecule has 0 bridgehead atoms. The number of benzene rings is 6. The Morgan fingerprint density at radius 3 is 1.78 bits per heavy atom. The van der Waals surface area contributed by atoms with Gasteiger partial charge in [-0.3, -0.25) is 0 Å². The van der Waals surface area contributed by atoms with Gasteiger partial charge in [-0.25, -0.2) is 8.78 Å². The molecule has 12 heteroatoms. The van der Waals surface area contributed by atoms with Gasteiger partial charge >= 0.3 is 7.69 Å². The van der Waals surface area contributed by atoms with Crippen LogP contribution in [0.1, 0.15) is 0 Å². The van der Waals surface area contributed by atoms with Crippen molar-refractivity contribution in [2.75, 3.05) is 14.2 Å². The molecule has 0 fully saturated rings. The summed E-state index contributed by atoms with van der Waals surface area (Å²) in [4.78, 5) is 0. The normalized spacial score (nSPS) is 10.8. The molecule has 0 spiro atoms. The predicted molar refractivity (Wildman–Crippen MR) is 199 cm³/mol. The van der Waals surface area contributed by atoms with Crippen molar-refractivity contribution in [2.45, 2.75) is 0 Å². The fraction of sp³-hybridized carbons (Fsp3) is 0.0526. The van der Waals surface area contributed by atoms with E-state index in [0.29, 0.717) is 61.7 Å². The standard InChI is InChI=1S/C19H12ClFO2.C12H6BrFO.C7H7BClO3/c1-22-16-9-6-11(20)10-14(16)18-15(21)8-7-13-12-4-2-3-5-17(12)23-19(13)18;13-11-9(14)6-5-8-7-3-1-2-4-10(7)15-12(8)11;1-11-6-3-2-5(9)4-7(6)12-8-10/h2-10H,1H3;1-6H;2-4,10H,1H3. The Morgan fingerprint density at radius 1 is 0.620 bits per heavy atom. The maximum absolute atomic E-state index is 14.6. The number of halogens is 5. The molecule has 6 aromatic carbocycles. The van der Waals surface area contributed by atoms with E-state index in [1.807, 2.05) is 48.5 Å². The lowest BCUT2D eigenvalue weighted by Crippen LogP contribution is -2.01. The van der Waals surface area contributed by atoms with E-state index in [1.165, 1.54) is 19.2 Å². The van der Waals surface area contributed by atoms with Crippen LogP contribution in [0.5, 0.6) is 17.2 Å². The second kappa shape index (κ2) is 15.4. The number of hydrogen-bond acceptors (Lipinski definition) is 6. The predicted octanol–water partition coefficient (Wildman–Crippen LogP) is 11.8. The average molecular weight is 777 g/mol. The zero-order chi connectivity index (χ0) is 35.4. The van der Waals surface area contributed by atoms with E-state index in [1.54, 1.807) is 55.6 Å². The van der Waals surface area contributed by atoms with E-state index in [2.05, 4.69) is 15.9 Å². The number of para-hydroxylation sites is 2. The van der Waals surface area contributed by atoms with Crippen LogP contribution in [-0.4, -0.2) is 26.9 Å². The lowest BCUT2D eigenvalue weighted by molar-refractivity contribution is 0.381. The van der Waals surface area contributed by atoms with Gasteiger partial charge in [0, 0.05) is 43.2 Å². The maximum Gasteiger partial charge on any atom is 0.569 e. The highest BCUT2D eigenvalue weighted by Gasteiger charge is 2.19. The SMILES string of the molecule is COc1ccc(Cl)cc1-c1c(F)ccc2c1oc1ccccc12.COc1ccc(Cl)cc1O[B]O.Fc1ccc2c(oc3ccccc32)c1Br. The van der Waals surface area contributed by atoms with Crippen molar-refractivity contribution in [1.82, 2.24) is 0 Å². The fourth-order valence-electron chi connectivity index (χ4n) is 5.42. The van der Waals surface area contributed by atoms with E-state index in [0.717, 1.165) is 32.7 Å². The maximum atomic E-state index is 14.6. The number of rotatable bonds is 5. The molecule has 8 aromatic rings. The molecule has 0 aliphatic heterocycles. The monoisotopic (exact) mass is 775 g/mol. The van der Waals surface area contributed by atoms with Crippen LogP contribution in [0.25, 0.3) is 55.0 Å². The smallest absolute Gasteiger partial charge is 0.535 e. The van der Waals surface area contributed by atoms with Gasteiger partial charge in [0.15, 0.2) is 11.3 Å². The summed E-state index contributed by atoms with van der Waals surface area (Å²) < 4.78 is 54.8. The van der Waals surface area contributed by atoms with Crippen molar-refractivity contribution in [3.8, 4) is 28.4 Å². The zero-order valence-corrected chi connectivity index (χ0v) is 29.4. The minimum atomic E-state index is -0.378. The average Bonchev–Trinajstić information content (AvgIpc) is 3.70. The topological polar surface area (TPSA) is 74.2 Å². The summed E-state index contributed by atoms with van der Waals surface area (Å²) in [6.07, 6.45) is 0. The Kier molecular flexibility index (Phi) is 10.8. The number of ether oxygens (including phenoxy) is 2. The van der Waals surface area contributed by atoms with E-state index < -0.39 is 0 Å². The number of fused-ring (bicyclic) bond motifs is 6. The molecule has 1 N–H and O–H groups in total. The molecule has 251 valence electrons. The summed E-state index contributed by atoms with van der Waals surface area (Å²) in [7, 11) is 3.63. The van der Waals surface area contributed by atoms with Crippen LogP contribution in [0.15, 0.2) is 123 Å². The highest BCUT2D eigenvalue weighted by molar-refractivity contribution is 9.10. The molecule has 2 heterocycles. The molecule has 0 saturated heterocycles. The third-order valence-electron chi connectivity index (χ3n) is 7.67. The second-order valence-electron chi connectivity index (χ2n) is 10.6. The zero-order valence-electron chi connectivity index (χ0n) is 26.3. The minimum absolute atomic E-state index is 0.304. The fourth-order valence-corrected chi connectivity index (χ4v) is 6.18. The Hall–Kier alpha value is -4.74. The quantitative estimate of drug-likeness (QED) is 0.175. The van der Waals surface area contributed by atoms with Gasteiger partial charge in [-0.2, -0.15) is 0 Å².